The van der Waals surface area contributed by atoms with Crippen LogP contribution < -0.4 is 5.73 Å². The summed E-state index contributed by atoms with van der Waals surface area (Å²) < 4.78 is 14.3. The lowest BCUT2D eigenvalue weighted by Gasteiger charge is -2.21. The van der Waals surface area contributed by atoms with Crippen LogP contribution in [0.1, 0.15) is 64.3 Å². The summed E-state index contributed by atoms with van der Waals surface area (Å²) in [7, 11) is 0. The van der Waals surface area contributed by atoms with Crippen molar-refractivity contribution in [3.05, 3.63) is 117 Å². The minimum absolute atomic E-state index is 0.0400. The number of allylic oxidation sites excluding steroid dienone is 3. The van der Waals surface area contributed by atoms with E-state index in [0.29, 0.717) is 11.1 Å². The van der Waals surface area contributed by atoms with E-state index in [1.165, 1.54) is 0 Å². The van der Waals surface area contributed by atoms with Crippen molar-refractivity contribution in [1.82, 2.24) is 0 Å². The van der Waals surface area contributed by atoms with Gasteiger partial charge in [-0.25, -0.2) is 0 Å². The van der Waals surface area contributed by atoms with Crippen molar-refractivity contribution < 1.29 is 4.39 Å². The number of hydrogen-bond donors (Lipinski definition) is 2. The Balaban J connectivity index is 2.07. The van der Waals surface area contributed by atoms with Crippen LogP contribution in [-0.2, 0) is 0 Å². The number of halogens is 1. The molecule has 3 aromatic rings. The minimum atomic E-state index is -1.24. The Labute approximate surface area is 217 Å². The summed E-state index contributed by atoms with van der Waals surface area (Å²) in [5.41, 5.74) is 13.6. The number of nitrogens with one attached hydrogen (secondary N) is 1. The van der Waals surface area contributed by atoms with Crippen molar-refractivity contribution in [2.24, 2.45) is 5.92 Å². The summed E-state index contributed by atoms with van der Waals surface area (Å²) in [5, 5.41) is 27.2. The molecule has 0 aromatic heterocycles. The lowest BCUT2D eigenvalue weighted by molar-refractivity contribution is 0.797. The molecule has 0 unspecified atom stereocenters. The summed E-state index contributed by atoms with van der Waals surface area (Å²) in [5.74, 6) is -0.986. The molecule has 0 aliphatic heterocycles. The Morgan fingerprint density at radius 1 is 1.05 bits per heavy atom. The number of rotatable bonds is 7. The van der Waals surface area contributed by atoms with Crippen molar-refractivity contribution >= 4 is 28.9 Å². The maximum absolute atomic E-state index is 14.3. The van der Waals surface area contributed by atoms with Gasteiger partial charge < -0.3 is 5.73 Å². The highest BCUT2D eigenvalue weighted by atomic mass is 19.1. The monoisotopic (exact) mass is 486 g/mol. The molecule has 1 aliphatic rings. The molecule has 0 amide bonds. The second-order valence-corrected chi connectivity index (χ2v) is 9.38. The average molecular weight is 487 g/mol. The van der Waals surface area contributed by atoms with E-state index in [4.69, 9.17) is 11.1 Å². The van der Waals surface area contributed by atoms with Crippen LogP contribution in [0, 0.1) is 40.9 Å². The predicted molar refractivity (Wildman–Crippen MR) is 148 cm³/mol. The highest BCUT2D eigenvalue weighted by Crippen LogP contribution is 2.49. The Morgan fingerprint density at radius 2 is 1.73 bits per heavy atom. The van der Waals surface area contributed by atoms with Crippen LogP contribution in [0.15, 0.2) is 72.8 Å². The summed E-state index contributed by atoms with van der Waals surface area (Å²) in [4.78, 5) is 0. The van der Waals surface area contributed by atoms with Gasteiger partial charge in [-0.2, -0.15) is 14.9 Å². The highest BCUT2D eigenvalue weighted by Gasteiger charge is 2.32. The number of hydrogen-bond acceptors (Lipinski definition) is 4. The Kier molecular flexibility index (Phi) is 7.18. The first-order valence-electron chi connectivity index (χ1n) is 12.0. The first kappa shape index (κ1) is 25.4. The van der Waals surface area contributed by atoms with E-state index >= 15 is 0 Å². The number of nitrogens with zero attached hydrogens (tertiary/aromatic N) is 2. The van der Waals surface area contributed by atoms with Crippen LogP contribution in [0.25, 0.3) is 17.2 Å². The fourth-order valence-electron chi connectivity index (χ4n) is 4.60. The molecule has 0 spiro atoms. The SMILES string of the molecule is C=C(C)/C=C/c1ccc(/C(=C(\c2ccc(C#N)cc2C)C2CC2)c2ccc(N)c(C(=N)F)c2C#N)cc1. The molecule has 1 aliphatic carbocycles. The summed E-state index contributed by atoms with van der Waals surface area (Å²) in [6, 6.07) is 21.2. The third-order valence-electron chi connectivity index (χ3n) is 6.50. The molecule has 0 bridgehead atoms. The Morgan fingerprint density at radius 3 is 2.27 bits per heavy atom. The summed E-state index contributed by atoms with van der Waals surface area (Å²) in [6.07, 6.45) is 5.89. The van der Waals surface area contributed by atoms with Crippen molar-refractivity contribution in [3.63, 3.8) is 0 Å². The zero-order chi connectivity index (χ0) is 26.7. The second-order valence-electron chi connectivity index (χ2n) is 9.38. The molecule has 0 saturated heterocycles. The summed E-state index contributed by atoms with van der Waals surface area (Å²) in [6.45, 7) is 7.80. The van der Waals surface area contributed by atoms with Crippen molar-refractivity contribution in [1.29, 1.82) is 15.9 Å². The van der Waals surface area contributed by atoms with E-state index in [9.17, 15) is 14.9 Å². The molecule has 0 heterocycles. The number of nitrogens with two attached hydrogens (primary N) is 1. The van der Waals surface area contributed by atoms with Crippen LogP contribution >= 0.6 is 0 Å². The molecule has 1 saturated carbocycles. The maximum atomic E-state index is 14.3. The third kappa shape index (κ3) is 5.27. The smallest absolute Gasteiger partial charge is 0.216 e. The minimum Gasteiger partial charge on any atom is -0.398 e. The number of nitrogen functional groups attached to an aromatic ring is 1. The van der Waals surface area contributed by atoms with Crippen LogP contribution in [0.4, 0.5) is 10.1 Å². The number of aryl methyl sites for hydroxylation is 1. The van der Waals surface area contributed by atoms with Gasteiger partial charge >= 0.3 is 0 Å². The lowest BCUT2D eigenvalue weighted by atomic mass is 9.82. The van der Waals surface area contributed by atoms with Gasteiger partial charge in [-0.1, -0.05) is 60.7 Å². The molecule has 0 atom stereocenters. The van der Waals surface area contributed by atoms with Gasteiger partial charge in [-0.05, 0) is 84.2 Å². The van der Waals surface area contributed by atoms with Gasteiger partial charge in [-0.3, -0.25) is 5.41 Å². The van der Waals surface area contributed by atoms with E-state index in [1.54, 1.807) is 18.2 Å². The Hall–Kier alpha value is -4.74. The first-order chi connectivity index (χ1) is 17.7. The van der Waals surface area contributed by atoms with Gasteiger partial charge in [0.15, 0.2) is 0 Å². The van der Waals surface area contributed by atoms with E-state index in [2.05, 4.69) is 18.7 Å². The molecule has 0 radical (unpaired) electrons. The largest absolute Gasteiger partial charge is 0.398 e. The predicted octanol–water partition coefficient (Wildman–Crippen LogP) is 7.57. The van der Waals surface area contributed by atoms with E-state index in [0.717, 1.165) is 51.8 Å². The van der Waals surface area contributed by atoms with Gasteiger partial charge in [0.25, 0.3) is 0 Å². The normalized spacial score (nSPS) is 13.5. The molecule has 37 heavy (non-hydrogen) atoms. The molecule has 4 rings (SSSR count). The Bertz CT molecular complexity index is 1560. The fourth-order valence-corrected chi connectivity index (χ4v) is 4.60. The van der Waals surface area contributed by atoms with Crippen LogP contribution in [0.5, 0.6) is 0 Å². The second kappa shape index (κ2) is 10.5. The molecule has 3 aromatic carbocycles. The average Bonchev–Trinajstić information content (AvgIpc) is 3.72. The number of nitriles is 2. The fraction of sp³-hybridized carbons (Fsp3) is 0.156. The lowest BCUT2D eigenvalue weighted by Crippen LogP contribution is -2.07. The summed E-state index contributed by atoms with van der Waals surface area (Å²) >= 11 is 0. The zero-order valence-electron chi connectivity index (χ0n) is 20.9. The van der Waals surface area contributed by atoms with Crippen molar-refractivity contribution in [2.45, 2.75) is 26.7 Å². The van der Waals surface area contributed by atoms with Crippen LogP contribution in [0.2, 0.25) is 0 Å². The van der Waals surface area contributed by atoms with Crippen LogP contribution in [0.3, 0.4) is 0 Å². The zero-order valence-corrected chi connectivity index (χ0v) is 20.9. The first-order valence-corrected chi connectivity index (χ1v) is 12.0. The molecular formula is C32H27FN4. The maximum Gasteiger partial charge on any atom is 0.216 e. The van der Waals surface area contributed by atoms with Crippen LogP contribution in [-0.4, -0.2) is 5.97 Å². The van der Waals surface area contributed by atoms with Crippen molar-refractivity contribution in [2.75, 3.05) is 5.73 Å². The highest BCUT2D eigenvalue weighted by molar-refractivity contribution is 6.06. The molecule has 1 fully saturated rings. The standard InChI is InChI=1S/C32H27FN4/c1-19(2)4-5-21-6-9-23(10-7-21)30(26-14-15-28(36)31(32(33)37)27(26)18-35)29(24-11-12-24)25-13-8-22(17-34)16-20(25)3/h4-10,13-16,24,37H,1,11-12,36H2,2-3H3/b5-4+,30-29+,37-32?. The van der Waals surface area contributed by atoms with Crippen molar-refractivity contribution in [3.8, 4) is 12.1 Å². The molecular weight excluding hydrogens is 459 g/mol. The van der Waals surface area contributed by atoms with Gasteiger partial charge in [0.2, 0.25) is 5.97 Å². The van der Waals surface area contributed by atoms with Gasteiger partial charge in [0.1, 0.15) is 6.07 Å². The van der Waals surface area contributed by atoms with E-state index < -0.39 is 5.97 Å². The number of benzene rings is 3. The van der Waals surface area contributed by atoms with E-state index in [1.807, 2.05) is 62.4 Å². The molecule has 182 valence electrons. The van der Waals surface area contributed by atoms with E-state index in [-0.39, 0.29) is 22.7 Å². The van der Waals surface area contributed by atoms with Gasteiger partial charge in [-0.15, -0.1) is 0 Å². The quantitative estimate of drug-likeness (QED) is 0.156. The third-order valence-corrected chi connectivity index (χ3v) is 6.50. The molecule has 4 nitrogen and oxygen atoms in total. The van der Waals surface area contributed by atoms with Gasteiger partial charge in [0.05, 0.1) is 22.8 Å². The topological polar surface area (TPSA) is 97.4 Å². The number of anilines is 1. The molecule has 3 N–H and O–H groups in total. The van der Waals surface area contributed by atoms with Gasteiger partial charge in [0, 0.05) is 11.3 Å². The molecule has 5 heteroatoms.